The minimum absolute atomic E-state index is 0. The second-order valence-corrected chi connectivity index (χ2v) is 5.88. The number of nitrogens with two attached hydrogens (primary N) is 1. The van der Waals surface area contributed by atoms with Crippen LogP contribution in [0.1, 0.15) is 18.4 Å². The van der Waals surface area contributed by atoms with Gasteiger partial charge in [-0.25, -0.2) is 0 Å². The number of anilines is 1. The number of amides is 2. The molecule has 2 amide bonds. The summed E-state index contributed by atoms with van der Waals surface area (Å²) in [4.78, 5) is 26.0. The van der Waals surface area contributed by atoms with Crippen molar-refractivity contribution in [3.8, 4) is 0 Å². The number of benzene rings is 1. The van der Waals surface area contributed by atoms with E-state index >= 15 is 0 Å². The molecule has 7 heteroatoms. The quantitative estimate of drug-likeness (QED) is 0.842. The molecule has 1 fully saturated rings. The van der Waals surface area contributed by atoms with Gasteiger partial charge in [0.05, 0.1) is 12.0 Å². The molecule has 0 aromatic heterocycles. The molecular formula is C16H22ClN3O3. The normalized spacial score (nSPS) is 19.0. The zero-order valence-electron chi connectivity index (χ0n) is 12.9. The monoisotopic (exact) mass is 339 g/mol. The Hall–Kier alpha value is -1.63. The first kappa shape index (κ1) is 17.7. The smallest absolute Gasteiger partial charge is 0.240 e. The Morgan fingerprint density at radius 1 is 1.30 bits per heavy atom. The molecule has 2 aliphatic rings. The minimum Gasteiger partial charge on any atom is -0.381 e. The van der Waals surface area contributed by atoms with Gasteiger partial charge in [0.15, 0.2) is 0 Å². The fraction of sp³-hybridized carbons (Fsp3) is 0.500. The van der Waals surface area contributed by atoms with E-state index in [9.17, 15) is 9.59 Å². The van der Waals surface area contributed by atoms with Gasteiger partial charge in [-0.3, -0.25) is 9.59 Å². The van der Waals surface area contributed by atoms with E-state index in [1.807, 2.05) is 24.3 Å². The number of ether oxygens (including phenoxy) is 1. The minimum atomic E-state index is -0.842. The summed E-state index contributed by atoms with van der Waals surface area (Å²) in [5.74, 6) is -0.0836. The lowest BCUT2D eigenvalue weighted by Gasteiger charge is -2.32. The van der Waals surface area contributed by atoms with Crippen molar-refractivity contribution in [2.75, 3.05) is 31.2 Å². The Kier molecular flexibility index (Phi) is 5.62. The number of nitrogens with one attached hydrogen (secondary N) is 1. The van der Waals surface area contributed by atoms with Gasteiger partial charge in [0.1, 0.15) is 0 Å². The lowest BCUT2D eigenvalue weighted by atomic mass is 9.90. The van der Waals surface area contributed by atoms with E-state index in [-0.39, 0.29) is 24.2 Å². The fourth-order valence-electron chi connectivity index (χ4n) is 2.98. The Morgan fingerprint density at radius 2 is 2.00 bits per heavy atom. The van der Waals surface area contributed by atoms with Crippen LogP contribution in [-0.2, 0) is 20.7 Å². The third-order valence-electron chi connectivity index (χ3n) is 4.38. The van der Waals surface area contributed by atoms with Crippen LogP contribution in [-0.4, -0.2) is 43.7 Å². The van der Waals surface area contributed by atoms with E-state index in [0.717, 1.165) is 11.3 Å². The molecule has 0 saturated carbocycles. The summed E-state index contributed by atoms with van der Waals surface area (Å²) in [5, 5.41) is 2.86. The molecule has 3 rings (SSSR count). The van der Waals surface area contributed by atoms with Crippen LogP contribution in [0.15, 0.2) is 24.3 Å². The van der Waals surface area contributed by atoms with Crippen molar-refractivity contribution in [2.45, 2.75) is 24.8 Å². The van der Waals surface area contributed by atoms with Crippen molar-refractivity contribution < 1.29 is 14.3 Å². The van der Waals surface area contributed by atoms with Crippen LogP contribution in [0.2, 0.25) is 0 Å². The summed E-state index contributed by atoms with van der Waals surface area (Å²) >= 11 is 0. The molecule has 1 aromatic carbocycles. The Balaban J connectivity index is 0.00000192. The van der Waals surface area contributed by atoms with Gasteiger partial charge in [-0.2, -0.15) is 0 Å². The SMILES string of the molecule is Cl.NC1(C(=O)NCCN2C(=O)Cc3ccccc32)CCOCC1. The van der Waals surface area contributed by atoms with Crippen molar-refractivity contribution in [3.63, 3.8) is 0 Å². The van der Waals surface area contributed by atoms with E-state index in [4.69, 9.17) is 10.5 Å². The van der Waals surface area contributed by atoms with E-state index in [1.165, 1.54) is 0 Å². The van der Waals surface area contributed by atoms with Crippen LogP contribution in [0.25, 0.3) is 0 Å². The zero-order chi connectivity index (χ0) is 15.6. The van der Waals surface area contributed by atoms with Crippen molar-refractivity contribution >= 4 is 29.9 Å². The maximum Gasteiger partial charge on any atom is 0.240 e. The zero-order valence-corrected chi connectivity index (χ0v) is 13.7. The molecule has 6 nitrogen and oxygen atoms in total. The maximum absolute atomic E-state index is 12.2. The van der Waals surface area contributed by atoms with Gasteiger partial charge in [-0.05, 0) is 24.5 Å². The number of nitrogens with zero attached hydrogens (tertiary/aromatic N) is 1. The second-order valence-electron chi connectivity index (χ2n) is 5.88. The van der Waals surface area contributed by atoms with Gasteiger partial charge in [0.25, 0.3) is 0 Å². The summed E-state index contributed by atoms with van der Waals surface area (Å²) in [6, 6.07) is 7.74. The van der Waals surface area contributed by atoms with Gasteiger partial charge in [0.2, 0.25) is 11.8 Å². The second kappa shape index (κ2) is 7.29. The number of halogens is 1. The molecule has 0 radical (unpaired) electrons. The first-order valence-corrected chi connectivity index (χ1v) is 7.63. The standard InChI is InChI=1S/C16H21N3O3.ClH/c17-16(5-9-22-10-6-16)15(21)18-7-8-19-13-4-2-1-3-12(13)11-14(19)20;/h1-4H,5-11,17H2,(H,18,21);1H. The highest BCUT2D eigenvalue weighted by Gasteiger charge is 2.36. The molecular weight excluding hydrogens is 318 g/mol. The van der Waals surface area contributed by atoms with Crippen molar-refractivity contribution in [2.24, 2.45) is 5.73 Å². The number of hydrogen-bond donors (Lipinski definition) is 2. The van der Waals surface area contributed by atoms with E-state index in [1.54, 1.807) is 4.90 Å². The van der Waals surface area contributed by atoms with Gasteiger partial charge in [0, 0.05) is 32.0 Å². The molecule has 0 atom stereocenters. The van der Waals surface area contributed by atoms with Crippen LogP contribution in [0.3, 0.4) is 0 Å². The van der Waals surface area contributed by atoms with Crippen molar-refractivity contribution in [1.82, 2.24) is 5.32 Å². The average molecular weight is 340 g/mol. The molecule has 0 spiro atoms. The molecule has 2 aliphatic heterocycles. The number of rotatable bonds is 4. The first-order valence-electron chi connectivity index (χ1n) is 7.63. The van der Waals surface area contributed by atoms with Crippen LogP contribution in [0, 0.1) is 0 Å². The van der Waals surface area contributed by atoms with E-state index in [0.29, 0.717) is 45.6 Å². The summed E-state index contributed by atoms with van der Waals surface area (Å²) in [7, 11) is 0. The summed E-state index contributed by atoms with van der Waals surface area (Å²) in [6.45, 7) is 1.90. The highest BCUT2D eigenvalue weighted by atomic mass is 35.5. The van der Waals surface area contributed by atoms with E-state index < -0.39 is 5.54 Å². The molecule has 0 unspecified atom stereocenters. The largest absolute Gasteiger partial charge is 0.381 e. The Morgan fingerprint density at radius 3 is 2.74 bits per heavy atom. The third-order valence-corrected chi connectivity index (χ3v) is 4.38. The Bertz CT molecular complexity index is 588. The average Bonchev–Trinajstić information content (AvgIpc) is 2.84. The predicted octanol–water partition coefficient (Wildman–Crippen LogP) is 0.622. The van der Waals surface area contributed by atoms with Gasteiger partial charge >= 0.3 is 0 Å². The summed E-state index contributed by atoms with van der Waals surface area (Å²) in [5.41, 5.74) is 7.27. The molecule has 0 aliphatic carbocycles. The molecule has 23 heavy (non-hydrogen) atoms. The third kappa shape index (κ3) is 3.65. The Labute approximate surface area is 141 Å². The number of hydrogen-bond acceptors (Lipinski definition) is 4. The van der Waals surface area contributed by atoms with Crippen LogP contribution >= 0.6 is 12.4 Å². The maximum atomic E-state index is 12.2. The summed E-state index contributed by atoms with van der Waals surface area (Å²) < 4.78 is 5.24. The fourth-order valence-corrected chi connectivity index (χ4v) is 2.98. The topological polar surface area (TPSA) is 84.7 Å². The van der Waals surface area contributed by atoms with Crippen LogP contribution in [0.4, 0.5) is 5.69 Å². The number of carbonyl (C=O) groups excluding carboxylic acids is 2. The lowest BCUT2D eigenvalue weighted by molar-refractivity contribution is -0.129. The van der Waals surface area contributed by atoms with Gasteiger partial charge < -0.3 is 20.7 Å². The van der Waals surface area contributed by atoms with Crippen molar-refractivity contribution in [3.05, 3.63) is 29.8 Å². The van der Waals surface area contributed by atoms with Crippen molar-refractivity contribution in [1.29, 1.82) is 0 Å². The molecule has 3 N–H and O–H groups in total. The first-order chi connectivity index (χ1) is 10.6. The summed E-state index contributed by atoms with van der Waals surface area (Å²) in [6.07, 6.45) is 1.50. The van der Waals surface area contributed by atoms with Gasteiger partial charge in [-0.15, -0.1) is 12.4 Å². The molecule has 2 heterocycles. The highest BCUT2D eigenvalue weighted by Crippen LogP contribution is 2.27. The molecule has 0 bridgehead atoms. The van der Waals surface area contributed by atoms with Gasteiger partial charge in [-0.1, -0.05) is 18.2 Å². The van der Waals surface area contributed by atoms with Crippen LogP contribution < -0.4 is 16.0 Å². The predicted molar refractivity (Wildman–Crippen MR) is 89.7 cm³/mol. The number of carbonyl (C=O) groups is 2. The van der Waals surface area contributed by atoms with Crippen LogP contribution in [0.5, 0.6) is 0 Å². The number of para-hydroxylation sites is 1. The lowest BCUT2D eigenvalue weighted by Crippen LogP contribution is -2.57. The molecule has 1 saturated heterocycles. The highest BCUT2D eigenvalue weighted by molar-refractivity contribution is 6.01. The van der Waals surface area contributed by atoms with E-state index in [2.05, 4.69) is 5.32 Å². The molecule has 126 valence electrons. The number of fused-ring (bicyclic) bond motifs is 1. The molecule has 1 aromatic rings.